The van der Waals surface area contributed by atoms with Crippen molar-refractivity contribution in [3.8, 4) is 0 Å². The van der Waals surface area contributed by atoms with Gasteiger partial charge in [0.1, 0.15) is 5.69 Å². The van der Waals surface area contributed by atoms with Crippen LogP contribution >= 0.6 is 11.3 Å². The third-order valence-corrected chi connectivity index (χ3v) is 5.57. The summed E-state index contributed by atoms with van der Waals surface area (Å²) in [7, 11) is 1.73. The van der Waals surface area contributed by atoms with E-state index < -0.39 is 0 Å². The predicted octanol–water partition coefficient (Wildman–Crippen LogP) is 2.34. The normalized spacial score (nSPS) is 16.9. The highest BCUT2D eigenvalue weighted by Gasteiger charge is 2.32. The maximum Gasteiger partial charge on any atom is 0.267 e. The summed E-state index contributed by atoms with van der Waals surface area (Å²) in [5.74, 6) is -0.00873. The molecule has 1 saturated heterocycles. The first kappa shape index (κ1) is 17.2. The SMILES string of the molecule is COCC1(CNC(=O)c2cccn2Cc2cccs2)CCNCC1. The summed E-state index contributed by atoms with van der Waals surface area (Å²) in [6, 6.07) is 7.94. The van der Waals surface area contributed by atoms with Gasteiger partial charge in [0.2, 0.25) is 0 Å². The molecule has 1 amide bonds. The summed E-state index contributed by atoms with van der Waals surface area (Å²) in [5, 5.41) is 8.57. The number of methoxy groups -OCH3 is 1. The number of carbonyl (C=O) groups excluding carboxylic acids is 1. The van der Waals surface area contributed by atoms with Crippen LogP contribution in [0.1, 0.15) is 28.2 Å². The fourth-order valence-electron chi connectivity index (χ4n) is 3.32. The van der Waals surface area contributed by atoms with Gasteiger partial charge in [0.25, 0.3) is 5.91 Å². The van der Waals surface area contributed by atoms with Crippen LogP contribution in [0.4, 0.5) is 0 Å². The lowest BCUT2D eigenvalue weighted by atomic mass is 9.79. The highest BCUT2D eigenvalue weighted by atomic mass is 32.1. The zero-order chi connectivity index (χ0) is 16.8. The Balaban J connectivity index is 1.63. The molecule has 1 aliphatic rings. The smallest absolute Gasteiger partial charge is 0.267 e. The Morgan fingerprint density at radius 2 is 2.21 bits per heavy atom. The molecule has 0 spiro atoms. The van der Waals surface area contributed by atoms with Crippen LogP contribution in [0.3, 0.4) is 0 Å². The van der Waals surface area contributed by atoms with Gasteiger partial charge in [0.15, 0.2) is 0 Å². The summed E-state index contributed by atoms with van der Waals surface area (Å²) in [4.78, 5) is 13.9. The van der Waals surface area contributed by atoms with E-state index in [1.54, 1.807) is 18.4 Å². The van der Waals surface area contributed by atoms with Crippen molar-refractivity contribution in [3.05, 3.63) is 46.4 Å². The Morgan fingerprint density at radius 1 is 1.38 bits per heavy atom. The van der Waals surface area contributed by atoms with Gasteiger partial charge in [0.05, 0.1) is 13.2 Å². The molecular formula is C18H25N3O2S. The van der Waals surface area contributed by atoms with Crippen LogP contribution in [-0.4, -0.2) is 43.8 Å². The topological polar surface area (TPSA) is 55.3 Å². The van der Waals surface area contributed by atoms with Crippen LogP contribution in [-0.2, 0) is 11.3 Å². The number of hydrogen-bond acceptors (Lipinski definition) is 4. The van der Waals surface area contributed by atoms with Crippen molar-refractivity contribution in [3.63, 3.8) is 0 Å². The van der Waals surface area contributed by atoms with Crippen LogP contribution in [0.15, 0.2) is 35.8 Å². The Labute approximate surface area is 147 Å². The van der Waals surface area contributed by atoms with Crippen molar-refractivity contribution in [1.29, 1.82) is 0 Å². The van der Waals surface area contributed by atoms with Crippen LogP contribution < -0.4 is 10.6 Å². The molecule has 3 rings (SSSR count). The number of nitrogens with zero attached hydrogens (tertiary/aromatic N) is 1. The predicted molar refractivity (Wildman–Crippen MR) is 96.6 cm³/mol. The van der Waals surface area contributed by atoms with Crippen molar-refractivity contribution < 1.29 is 9.53 Å². The first-order valence-electron chi connectivity index (χ1n) is 8.38. The van der Waals surface area contributed by atoms with E-state index in [4.69, 9.17) is 4.74 Å². The van der Waals surface area contributed by atoms with Gasteiger partial charge < -0.3 is 19.9 Å². The van der Waals surface area contributed by atoms with Crippen molar-refractivity contribution >= 4 is 17.2 Å². The first-order valence-corrected chi connectivity index (χ1v) is 9.26. The van der Waals surface area contributed by atoms with Crippen molar-refractivity contribution in [2.45, 2.75) is 19.4 Å². The number of amides is 1. The molecule has 0 bridgehead atoms. The molecule has 130 valence electrons. The molecule has 2 N–H and O–H groups in total. The number of aromatic nitrogens is 1. The van der Waals surface area contributed by atoms with Gasteiger partial charge in [-0.1, -0.05) is 6.07 Å². The molecule has 5 nitrogen and oxygen atoms in total. The van der Waals surface area contributed by atoms with E-state index in [-0.39, 0.29) is 11.3 Å². The van der Waals surface area contributed by atoms with E-state index in [0.29, 0.717) is 18.8 Å². The zero-order valence-corrected chi connectivity index (χ0v) is 14.9. The lowest BCUT2D eigenvalue weighted by molar-refractivity contribution is 0.0510. The van der Waals surface area contributed by atoms with Crippen LogP contribution in [0.25, 0.3) is 0 Å². The molecule has 3 heterocycles. The van der Waals surface area contributed by atoms with E-state index in [1.165, 1.54) is 4.88 Å². The minimum atomic E-state index is -0.00873. The van der Waals surface area contributed by atoms with Gasteiger partial charge in [-0.3, -0.25) is 4.79 Å². The standard InChI is InChI=1S/C18H25N3O2S/c1-23-14-18(6-8-19-9-7-18)13-20-17(22)16-5-2-10-21(16)12-15-4-3-11-24-15/h2-5,10-11,19H,6-9,12-14H2,1H3,(H,20,22). The summed E-state index contributed by atoms with van der Waals surface area (Å²) < 4.78 is 7.43. The average Bonchev–Trinajstić information content (AvgIpc) is 3.26. The van der Waals surface area contributed by atoms with Crippen molar-refractivity contribution in [1.82, 2.24) is 15.2 Å². The van der Waals surface area contributed by atoms with Gasteiger partial charge in [-0.25, -0.2) is 0 Å². The summed E-state index contributed by atoms with van der Waals surface area (Å²) >= 11 is 1.71. The fraction of sp³-hybridized carbons (Fsp3) is 0.500. The molecule has 0 saturated carbocycles. The minimum Gasteiger partial charge on any atom is -0.384 e. The molecule has 6 heteroatoms. The molecule has 1 aliphatic heterocycles. The third kappa shape index (κ3) is 4.06. The number of nitrogens with one attached hydrogen (secondary N) is 2. The number of ether oxygens (including phenoxy) is 1. The van der Waals surface area contributed by atoms with Gasteiger partial charge in [-0.05, 0) is 49.5 Å². The lowest BCUT2D eigenvalue weighted by Gasteiger charge is -2.37. The van der Waals surface area contributed by atoms with Gasteiger partial charge in [-0.2, -0.15) is 0 Å². The Bertz CT molecular complexity index is 640. The first-order chi connectivity index (χ1) is 11.7. The van der Waals surface area contributed by atoms with Crippen LogP contribution in [0.2, 0.25) is 0 Å². The van der Waals surface area contributed by atoms with E-state index in [9.17, 15) is 4.79 Å². The number of piperidine rings is 1. The monoisotopic (exact) mass is 347 g/mol. The second-order valence-electron chi connectivity index (χ2n) is 6.47. The highest BCUT2D eigenvalue weighted by Crippen LogP contribution is 2.28. The summed E-state index contributed by atoms with van der Waals surface area (Å²) in [5.41, 5.74) is 0.755. The maximum absolute atomic E-state index is 12.7. The molecule has 0 radical (unpaired) electrons. The lowest BCUT2D eigenvalue weighted by Crippen LogP contribution is -2.47. The van der Waals surface area contributed by atoms with Gasteiger partial charge >= 0.3 is 0 Å². The molecule has 0 aliphatic carbocycles. The second kappa shape index (κ2) is 7.96. The Kier molecular flexibility index (Phi) is 5.71. The van der Waals surface area contributed by atoms with Crippen molar-refractivity contribution in [2.24, 2.45) is 5.41 Å². The van der Waals surface area contributed by atoms with E-state index >= 15 is 0 Å². The quantitative estimate of drug-likeness (QED) is 0.808. The molecule has 24 heavy (non-hydrogen) atoms. The summed E-state index contributed by atoms with van der Waals surface area (Å²) in [6.45, 7) is 4.04. The van der Waals surface area contributed by atoms with E-state index in [2.05, 4.69) is 22.1 Å². The maximum atomic E-state index is 12.7. The fourth-order valence-corrected chi connectivity index (χ4v) is 4.02. The molecule has 0 unspecified atom stereocenters. The Morgan fingerprint density at radius 3 is 2.92 bits per heavy atom. The van der Waals surface area contributed by atoms with Crippen LogP contribution in [0, 0.1) is 5.41 Å². The number of thiophene rings is 1. The largest absolute Gasteiger partial charge is 0.384 e. The van der Waals surface area contributed by atoms with E-state index in [1.807, 2.05) is 29.0 Å². The zero-order valence-electron chi connectivity index (χ0n) is 14.1. The molecular weight excluding hydrogens is 322 g/mol. The van der Waals surface area contributed by atoms with E-state index in [0.717, 1.165) is 32.5 Å². The summed E-state index contributed by atoms with van der Waals surface area (Å²) in [6.07, 6.45) is 4.01. The van der Waals surface area contributed by atoms with Gasteiger partial charge in [-0.15, -0.1) is 11.3 Å². The van der Waals surface area contributed by atoms with Crippen LogP contribution in [0.5, 0.6) is 0 Å². The van der Waals surface area contributed by atoms with Gasteiger partial charge in [0, 0.05) is 30.1 Å². The second-order valence-corrected chi connectivity index (χ2v) is 7.50. The molecule has 2 aromatic heterocycles. The average molecular weight is 347 g/mol. The number of hydrogen-bond donors (Lipinski definition) is 2. The molecule has 1 fully saturated rings. The molecule has 0 atom stereocenters. The minimum absolute atomic E-state index is 0.00873. The van der Waals surface area contributed by atoms with Crippen molar-refractivity contribution in [2.75, 3.05) is 33.4 Å². The number of carbonyl (C=O) groups is 1. The molecule has 2 aromatic rings. The third-order valence-electron chi connectivity index (χ3n) is 4.71. The highest BCUT2D eigenvalue weighted by molar-refractivity contribution is 7.09. The molecule has 0 aromatic carbocycles. The Hall–Kier alpha value is -1.63. The number of rotatable bonds is 7.